The number of hydrogen-bond acceptors (Lipinski definition) is 4. The number of nitrogens with one attached hydrogen (secondary N) is 2. The molecule has 2 N–H and O–H groups in total. The highest BCUT2D eigenvalue weighted by Crippen LogP contribution is 2.25. The van der Waals surface area contributed by atoms with Crippen LogP contribution in [0.3, 0.4) is 0 Å². The van der Waals surface area contributed by atoms with Gasteiger partial charge in [-0.3, -0.25) is 9.59 Å². The second-order valence-corrected chi connectivity index (χ2v) is 5.77. The maximum Gasteiger partial charge on any atom is 0.226 e. The fourth-order valence-corrected chi connectivity index (χ4v) is 2.33. The lowest BCUT2D eigenvalue weighted by atomic mass is 10.2. The van der Waals surface area contributed by atoms with E-state index < -0.39 is 0 Å². The van der Waals surface area contributed by atoms with Crippen LogP contribution in [0.25, 0.3) is 0 Å². The highest BCUT2D eigenvalue weighted by molar-refractivity contribution is 7.13. The van der Waals surface area contributed by atoms with Crippen molar-refractivity contribution in [2.45, 2.75) is 12.8 Å². The summed E-state index contributed by atoms with van der Waals surface area (Å²) in [5.41, 5.74) is 0.537. The third-order valence-corrected chi connectivity index (χ3v) is 3.89. The van der Waals surface area contributed by atoms with E-state index in [1.165, 1.54) is 11.3 Å². The summed E-state index contributed by atoms with van der Waals surface area (Å²) in [6.45, 7) is 0. The standard InChI is InChI=1S/C13H11Cl2N3O2S/c14-9-2-1-8(7-10(9)15)17-11(19)3-4-12(20)18-13-16-5-6-21-13/h1-2,5-7H,3-4H2,(H,17,19)(H,16,18,20). The molecule has 0 spiro atoms. The van der Waals surface area contributed by atoms with E-state index in [-0.39, 0.29) is 24.7 Å². The number of hydrogen-bond donors (Lipinski definition) is 2. The zero-order chi connectivity index (χ0) is 15.2. The first-order valence-electron chi connectivity index (χ1n) is 5.99. The van der Waals surface area contributed by atoms with Crippen LogP contribution in [0.15, 0.2) is 29.8 Å². The van der Waals surface area contributed by atoms with Crippen LogP contribution in [0.2, 0.25) is 10.0 Å². The second-order valence-electron chi connectivity index (χ2n) is 4.06. The van der Waals surface area contributed by atoms with Gasteiger partial charge in [0.2, 0.25) is 11.8 Å². The Labute approximate surface area is 135 Å². The lowest BCUT2D eigenvalue weighted by Gasteiger charge is -2.06. The smallest absolute Gasteiger partial charge is 0.226 e. The number of halogens is 2. The van der Waals surface area contributed by atoms with Gasteiger partial charge in [-0.05, 0) is 18.2 Å². The summed E-state index contributed by atoms with van der Waals surface area (Å²) < 4.78 is 0. The van der Waals surface area contributed by atoms with E-state index in [1.54, 1.807) is 29.8 Å². The molecule has 0 atom stereocenters. The first-order chi connectivity index (χ1) is 10.0. The van der Waals surface area contributed by atoms with Crippen molar-refractivity contribution in [2.24, 2.45) is 0 Å². The minimum atomic E-state index is -0.275. The van der Waals surface area contributed by atoms with Crippen LogP contribution >= 0.6 is 34.5 Å². The summed E-state index contributed by atoms with van der Waals surface area (Å²) in [5.74, 6) is -0.531. The molecule has 0 saturated carbocycles. The normalized spacial score (nSPS) is 10.2. The van der Waals surface area contributed by atoms with Crippen molar-refractivity contribution < 1.29 is 9.59 Å². The second kappa shape index (κ2) is 7.40. The average Bonchev–Trinajstić information content (AvgIpc) is 2.93. The Balaban J connectivity index is 1.79. The van der Waals surface area contributed by atoms with Gasteiger partial charge < -0.3 is 10.6 Å². The average molecular weight is 344 g/mol. The molecule has 0 aliphatic carbocycles. The van der Waals surface area contributed by atoms with Crippen LogP contribution < -0.4 is 10.6 Å². The van der Waals surface area contributed by atoms with Crippen molar-refractivity contribution in [3.05, 3.63) is 39.8 Å². The quantitative estimate of drug-likeness (QED) is 0.866. The van der Waals surface area contributed by atoms with Crippen LogP contribution in [-0.2, 0) is 9.59 Å². The van der Waals surface area contributed by atoms with Gasteiger partial charge >= 0.3 is 0 Å². The monoisotopic (exact) mass is 343 g/mol. The lowest BCUT2D eigenvalue weighted by molar-refractivity contribution is -0.121. The Bertz CT molecular complexity index is 647. The molecule has 1 aromatic heterocycles. The van der Waals surface area contributed by atoms with E-state index in [0.717, 1.165) is 0 Å². The molecule has 0 bridgehead atoms. The molecule has 0 fully saturated rings. The number of rotatable bonds is 5. The zero-order valence-electron chi connectivity index (χ0n) is 10.7. The van der Waals surface area contributed by atoms with Crippen molar-refractivity contribution in [1.29, 1.82) is 0 Å². The summed E-state index contributed by atoms with van der Waals surface area (Å²) in [6, 6.07) is 4.79. The molecule has 0 radical (unpaired) electrons. The number of benzene rings is 1. The molecular formula is C13H11Cl2N3O2S. The van der Waals surface area contributed by atoms with Gasteiger partial charge in [0.05, 0.1) is 10.0 Å². The molecule has 5 nitrogen and oxygen atoms in total. The van der Waals surface area contributed by atoms with Crippen molar-refractivity contribution in [2.75, 3.05) is 10.6 Å². The van der Waals surface area contributed by atoms with Crippen LogP contribution in [0.1, 0.15) is 12.8 Å². The summed E-state index contributed by atoms with van der Waals surface area (Å²) in [4.78, 5) is 27.3. The van der Waals surface area contributed by atoms with E-state index in [2.05, 4.69) is 15.6 Å². The Kier molecular flexibility index (Phi) is 5.55. The first kappa shape index (κ1) is 15.8. The predicted molar refractivity (Wildman–Crippen MR) is 85.1 cm³/mol. The summed E-state index contributed by atoms with van der Waals surface area (Å²) in [7, 11) is 0. The maximum absolute atomic E-state index is 11.7. The first-order valence-corrected chi connectivity index (χ1v) is 7.62. The molecule has 2 amide bonds. The van der Waals surface area contributed by atoms with Gasteiger partial charge in [-0.2, -0.15) is 0 Å². The number of amides is 2. The highest BCUT2D eigenvalue weighted by atomic mass is 35.5. The van der Waals surface area contributed by atoms with Gasteiger partial charge in [0.1, 0.15) is 0 Å². The molecule has 0 aliphatic rings. The fourth-order valence-electron chi connectivity index (χ4n) is 1.49. The SMILES string of the molecule is O=C(CCC(=O)Nc1nccs1)Nc1ccc(Cl)c(Cl)c1. The van der Waals surface area contributed by atoms with Crippen LogP contribution in [0.5, 0.6) is 0 Å². The van der Waals surface area contributed by atoms with Gasteiger partial charge in [-0.15, -0.1) is 11.3 Å². The minimum Gasteiger partial charge on any atom is -0.326 e. The third kappa shape index (κ3) is 5.00. The molecule has 0 unspecified atom stereocenters. The van der Waals surface area contributed by atoms with Crippen LogP contribution in [-0.4, -0.2) is 16.8 Å². The molecule has 1 heterocycles. The zero-order valence-corrected chi connectivity index (χ0v) is 13.1. The number of nitrogens with zero attached hydrogens (tertiary/aromatic N) is 1. The van der Waals surface area contributed by atoms with Crippen molar-refractivity contribution in [1.82, 2.24) is 4.98 Å². The molecule has 1 aromatic carbocycles. The molecule has 8 heteroatoms. The van der Waals surface area contributed by atoms with Gasteiger partial charge in [-0.1, -0.05) is 23.2 Å². The molecule has 2 aromatic rings. The number of carbonyl (C=O) groups excluding carboxylic acids is 2. The van der Waals surface area contributed by atoms with Gasteiger partial charge in [0.15, 0.2) is 5.13 Å². The molecular weight excluding hydrogens is 333 g/mol. The van der Waals surface area contributed by atoms with Crippen molar-refractivity contribution in [3.8, 4) is 0 Å². The van der Waals surface area contributed by atoms with Crippen LogP contribution in [0.4, 0.5) is 10.8 Å². The predicted octanol–water partition coefficient (Wildman–Crippen LogP) is 3.81. The topological polar surface area (TPSA) is 71.1 Å². The Hall–Kier alpha value is -1.63. The Morgan fingerprint density at radius 3 is 2.43 bits per heavy atom. The van der Waals surface area contributed by atoms with Crippen molar-refractivity contribution >= 4 is 57.2 Å². The van der Waals surface area contributed by atoms with E-state index >= 15 is 0 Å². The van der Waals surface area contributed by atoms with Gasteiger partial charge in [0.25, 0.3) is 0 Å². The highest BCUT2D eigenvalue weighted by Gasteiger charge is 2.09. The van der Waals surface area contributed by atoms with E-state index in [1.807, 2.05) is 0 Å². The number of aromatic nitrogens is 1. The fraction of sp³-hybridized carbons (Fsp3) is 0.154. The Morgan fingerprint density at radius 2 is 1.81 bits per heavy atom. The summed E-state index contributed by atoms with van der Waals surface area (Å²) in [6.07, 6.45) is 1.74. The molecule has 21 heavy (non-hydrogen) atoms. The number of thiazole rings is 1. The third-order valence-electron chi connectivity index (χ3n) is 2.46. The van der Waals surface area contributed by atoms with E-state index in [9.17, 15) is 9.59 Å². The summed E-state index contributed by atoms with van der Waals surface area (Å²) in [5, 5.41) is 8.30. The molecule has 0 aliphatic heterocycles. The summed E-state index contributed by atoms with van der Waals surface area (Å²) >= 11 is 13.0. The molecule has 2 rings (SSSR count). The maximum atomic E-state index is 11.7. The Morgan fingerprint density at radius 1 is 1.10 bits per heavy atom. The van der Waals surface area contributed by atoms with Crippen LogP contribution in [0, 0.1) is 0 Å². The number of carbonyl (C=O) groups is 2. The largest absolute Gasteiger partial charge is 0.326 e. The van der Waals surface area contributed by atoms with E-state index in [0.29, 0.717) is 20.9 Å². The molecule has 110 valence electrons. The van der Waals surface area contributed by atoms with E-state index in [4.69, 9.17) is 23.2 Å². The molecule has 0 saturated heterocycles. The van der Waals surface area contributed by atoms with Gasteiger partial charge in [0, 0.05) is 30.1 Å². The number of anilines is 2. The lowest BCUT2D eigenvalue weighted by Crippen LogP contribution is -2.17. The minimum absolute atomic E-state index is 0.0669. The van der Waals surface area contributed by atoms with Gasteiger partial charge in [-0.25, -0.2) is 4.98 Å². The van der Waals surface area contributed by atoms with Crippen molar-refractivity contribution in [3.63, 3.8) is 0 Å².